The first kappa shape index (κ1) is 16.4. The first-order chi connectivity index (χ1) is 12.2. The Kier molecular flexibility index (Phi) is 4.59. The highest BCUT2D eigenvalue weighted by Gasteiger charge is 2.22. The number of ether oxygens (including phenoxy) is 2. The Morgan fingerprint density at radius 2 is 2.16 bits per heavy atom. The van der Waals surface area contributed by atoms with Crippen LogP contribution in [0.4, 0.5) is 0 Å². The van der Waals surface area contributed by atoms with Crippen LogP contribution in [0.2, 0.25) is 0 Å². The molecule has 2 aromatic rings. The lowest BCUT2D eigenvalue weighted by molar-refractivity contribution is 0.158. The average Bonchev–Trinajstić information content (AvgIpc) is 3.08. The SMILES string of the molecule is CCc1nc2n(n1)C[C@@H](NC[C@@H](O)c1ccc3c(c1)OCCO3)CC2. The van der Waals surface area contributed by atoms with Crippen molar-refractivity contribution in [2.75, 3.05) is 19.8 Å². The average molecular weight is 344 g/mol. The van der Waals surface area contributed by atoms with E-state index in [1.807, 2.05) is 22.9 Å². The molecule has 0 saturated heterocycles. The van der Waals surface area contributed by atoms with Crippen molar-refractivity contribution < 1.29 is 14.6 Å². The summed E-state index contributed by atoms with van der Waals surface area (Å²) in [4.78, 5) is 4.54. The fourth-order valence-corrected chi connectivity index (χ4v) is 3.34. The highest BCUT2D eigenvalue weighted by atomic mass is 16.6. The number of hydrogen-bond donors (Lipinski definition) is 2. The second-order valence-corrected chi connectivity index (χ2v) is 6.54. The molecule has 1 aromatic heterocycles. The third kappa shape index (κ3) is 3.48. The highest BCUT2D eigenvalue weighted by molar-refractivity contribution is 5.44. The molecular formula is C18H24N4O3. The minimum Gasteiger partial charge on any atom is -0.486 e. The van der Waals surface area contributed by atoms with Gasteiger partial charge in [0.1, 0.15) is 19.0 Å². The van der Waals surface area contributed by atoms with Crippen molar-refractivity contribution in [2.24, 2.45) is 0 Å². The zero-order valence-corrected chi connectivity index (χ0v) is 14.4. The summed E-state index contributed by atoms with van der Waals surface area (Å²) >= 11 is 0. The molecular weight excluding hydrogens is 320 g/mol. The van der Waals surface area contributed by atoms with Gasteiger partial charge in [-0.1, -0.05) is 13.0 Å². The number of nitrogens with one attached hydrogen (secondary N) is 1. The molecule has 7 heteroatoms. The lowest BCUT2D eigenvalue weighted by Gasteiger charge is -2.25. The Balaban J connectivity index is 1.35. The number of rotatable bonds is 5. The number of aliphatic hydroxyl groups excluding tert-OH is 1. The minimum atomic E-state index is -0.584. The van der Waals surface area contributed by atoms with Crippen LogP contribution in [0.5, 0.6) is 11.5 Å². The zero-order chi connectivity index (χ0) is 17.2. The molecule has 0 saturated carbocycles. The predicted molar refractivity (Wildman–Crippen MR) is 91.9 cm³/mol. The Labute approximate surface area is 147 Å². The van der Waals surface area contributed by atoms with Crippen LogP contribution in [0.15, 0.2) is 18.2 Å². The number of hydrogen-bond acceptors (Lipinski definition) is 6. The first-order valence-corrected chi connectivity index (χ1v) is 8.96. The Bertz CT molecular complexity index is 746. The van der Waals surface area contributed by atoms with Crippen LogP contribution in [0.1, 0.15) is 36.7 Å². The zero-order valence-electron chi connectivity index (χ0n) is 14.4. The molecule has 2 N–H and O–H groups in total. The molecule has 0 unspecified atom stereocenters. The van der Waals surface area contributed by atoms with Crippen LogP contribution < -0.4 is 14.8 Å². The van der Waals surface area contributed by atoms with Crippen molar-refractivity contribution in [1.82, 2.24) is 20.1 Å². The molecule has 2 atom stereocenters. The third-order valence-electron chi connectivity index (χ3n) is 4.77. The number of aryl methyl sites for hydroxylation is 2. The molecule has 2 aliphatic rings. The number of fused-ring (bicyclic) bond motifs is 2. The van der Waals surface area contributed by atoms with E-state index in [1.165, 1.54) is 0 Å². The number of nitrogens with zero attached hydrogens (tertiary/aromatic N) is 3. The van der Waals surface area contributed by atoms with Gasteiger partial charge in [0, 0.05) is 25.4 Å². The van der Waals surface area contributed by atoms with Gasteiger partial charge < -0.3 is 19.9 Å². The molecule has 4 rings (SSSR count). The van der Waals surface area contributed by atoms with Gasteiger partial charge >= 0.3 is 0 Å². The maximum absolute atomic E-state index is 10.5. The van der Waals surface area contributed by atoms with Crippen molar-refractivity contribution in [3.8, 4) is 11.5 Å². The molecule has 0 bridgehead atoms. The summed E-state index contributed by atoms with van der Waals surface area (Å²) < 4.78 is 13.1. The van der Waals surface area contributed by atoms with Crippen LogP contribution in [-0.2, 0) is 19.4 Å². The highest BCUT2D eigenvalue weighted by Crippen LogP contribution is 2.32. The van der Waals surface area contributed by atoms with Gasteiger partial charge in [-0.15, -0.1) is 0 Å². The van der Waals surface area contributed by atoms with Crippen molar-refractivity contribution in [3.63, 3.8) is 0 Å². The monoisotopic (exact) mass is 344 g/mol. The van der Waals surface area contributed by atoms with Crippen LogP contribution in [0, 0.1) is 0 Å². The number of aliphatic hydroxyl groups is 1. The fraction of sp³-hybridized carbons (Fsp3) is 0.556. The van der Waals surface area contributed by atoms with Crippen LogP contribution in [-0.4, -0.2) is 45.7 Å². The molecule has 134 valence electrons. The van der Waals surface area contributed by atoms with E-state index in [0.29, 0.717) is 31.5 Å². The lowest BCUT2D eigenvalue weighted by atomic mass is 10.1. The quantitative estimate of drug-likeness (QED) is 0.850. The maximum atomic E-state index is 10.5. The van der Waals surface area contributed by atoms with Gasteiger partial charge in [0.05, 0.1) is 12.6 Å². The molecule has 0 radical (unpaired) electrons. The molecule has 1 aromatic carbocycles. The Hall–Kier alpha value is -2.12. The molecule has 25 heavy (non-hydrogen) atoms. The summed E-state index contributed by atoms with van der Waals surface area (Å²) in [5, 5.41) is 18.5. The van der Waals surface area contributed by atoms with Gasteiger partial charge in [-0.3, -0.25) is 0 Å². The van der Waals surface area contributed by atoms with Crippen molar-refractivity contribution in [1.29, 1.82) is 0 Å². The van der Waals surface area contributed by atoms with Gasteiger partial charge in [-0.05, 0) is 24.1 Å². The summed E-state index contributed by atoms with van der Waals surface area (Å²) in [6.07, 6.45) is 2.21. The summed E-state index contributed by atoms with van der Waals surface area (Å²) in [6, 6.07) is 5.92. The van der Waals surface area contributed by atoms with Gasteiger partial charge in [0.2, 0.25) is 0 Å². The van der Waals surface area contributed by atoms with Crippen LogP contribution in [0.3, 0.4) is 0 Å². The molecule has 7 nitrogen and oxygen atoms in total. The van der Waals surface area contributed by atoms with Gasteiger partial charge in [-0.25, -0.2) is 9.67 Å². The third-order valence-corrected chi connectivity index (χ3v) is 4.77. The fourth-order valence-electron chi connectivity index (χ4n) is 3.34. The van der Waals surface area contributed by atoms with E-state index in [0.717, 1.165) is 48.8 Å². The summed E-state index contributed by atoms with van der Waals surface area (Å²) in [6.45, 7) is 4.49. The standard InChI is InChI=1S/C18H24N4O3/c1-2-17-20-18-6-4-13(11-22(18)21-17)19-10-14(23)12-3-5-15-16(9-12)25-8-7-24-15/h3,5,9,13-14,19,23H,2,4,6-8,10-11H2,1H3/t13-,14+/m0/s1. The molecule has 0 amide bonds. The smallest absolute Gasteiger partial charge is 0.161 e. The molecule has 0 fully saturated rings. The van der Waals surface area contributed by atoms with E-state index in [9.17, 15) is 5.11 Å². The second kappa shape index (κ2) is 7.01. The summed E-state index contributed by atoms with van der Waals surface area (Å²) in [7, 11) is 0. The summed E-state index contributed by atoms with van der Waals surface area (Å²) in [5.41, 5.74) is 0.835. The Morgan fingerprint density at radius 3 is 3.00 bits per heavy atom. The molecule has 0 spiro atoms. The summed E-state index contributed by atoms with van der Waals surface area (Å²) in [5.74, 6) is 3.43. The number of aromatic nitrogens is 3. The van der Waals surface area contributed by atoms with Crippen LogP contribution in [0.25, 0.3) is 0 Å². The topological polar surface area (TPSA) is 81.4 Å². The van der Waals surface area contributed by atoms with E-state index >= 15 is 0 Å². The van der Waals surface area contributed by atoms with Crippen molar-refractivity contribution in [3.05, 3.63) is 35.4 Å². The van der Waals surface area contributed by atoms with E-state index in [4.69, 9.17) is 9.47 Å². The molecule has 2 aliphatic heterocycles. The normalized spacial score (nSPS) is 20.2. The Morgan fingerprint density at radius 1 is 1.32 bits per heavy atom. The largest absolute Gasteiger partial charge is 0.486 e. The maximum Gasteiger partial charge on any atom is 0.161 e. The lowest BCUT2D eigenvalue weighted by Crippen LogP contribution is -2.39. The van der Waals surface area contributed by atoms with Crippen molar-refractivity contribution in [2.45, 2.75) is 44.9 Å². The van der Waals surface area contributed by atoms with E-state index in [-0.39, 0.29) is 0 Å². The predicted octanol–water partition coefficient (Wildman–Crippen LogP) is 1.25. The second-order valence-electron chi connectivity index (χ2n) is 6.54. The van der Waals surface area contributed by atoms with E-state index in [2.05, 4.69) is 22.3 Å². The van der Waals surface area contributed by atoms with E-state index < -0.39 is 6.10 Å². The van der Waals surface area contributed by atoms with E-state index in [1.54, 1.807) is 0 Å². The van der Waals surface area contributed by atoms with Crippen LogP contribution >= 0.6 is 0 Å². The van der Waals surface area contributed by atoms with Gasteiger partial charge in [0.25, 0.3) is 0 Å². The first-order valence-electron chi connectivity index (χ1n) is 8.96. The van der Waals surface area contributed by atoms with Gasteiger partial charge in [0.15, 0.2) is 17.3 Å². The minimum absolute atomic E-state index is 0.297. The van der Waals surface area contributed by atoms with Gasteiger partial charge in [-0.2, -0.15) is 5.10 Å². The van der Waals surface area contributed by atoms with Crippen molar-refractivity contribution >= 4 is 0 Å². The molecule has 3 heterocycles. The molecule has 0 aliphatic carbocycles. The number of benzene rings is 1.